The van der Waals surface area contributed by atoms with E-state index in [1.807, 2.05) is 67.6 Å². The molecule has 1 heterocycles. The lowest BCUT2D eigenvalue weighted by Crippen LogP contribution is -2.06. The van der Waals surface area contributed by atoms with Gasteiger partial charge in [-0.3, -0.25) is 0 Å². The van der Waals surface area contributed by atoms with Crippen LogP contribution in [0.15, 0.2) is 109 Å². The standard InChI is InChI=1S/C30H33FN2O2/c1-5-12-22(2)23(3)19-27(31)24(4)32-28-17-18-29(34-20-25-13-8-6-9-14-25)33-30(28)35-21-26-15-10-7-11-16-26/h6-11,13-19,22,32H,3-5,12,20-21H2,1-2H3/b27-19+. The highest BCUT2D eigenvalue weighted by Gasteiger charge is 2.13. The molecule has 1 atom stereocenters. The molecule has 35 heavy (non-hydrogen) atoms. The second-order valence-corrected chi connectivity index (χ2v) is 8.41. The Morgan fingerprint density at radius 2 is 1.54 bits per heavy atom. The number of benzene rings is 2. The minimum absolute atomic E-state index is 0.110. The maximum atomic E-state index is 14.9. The highest BCUT2D eigenvalue weighted by molar-refractivity contribution is 5.59. The van der Waals surface area contributed by atoms with Gasteiger partial charge < -0.3 is 14.8 Å². The molecule has 0 spiro atoms. The number of pyridine rings is 1. The van der Waals surface area contributed by atoms with Crippen LogP contribution in [0.2, 0.25) is 0 Å². The average molecular weight is 473 g/mol. The van der Waals surface area contributed by atoms with Gasteiger partial charge in [0.05, 0.1) is 5.70 Å². The smallest absolute Gasteiger partial charge is 0.241 e. The molecule has 5 heteroatoms. The van der Waals surface area contributed by atoms with E-state index in [1.54, 1.807) is 12.1 Å². The molecule has 0 aliphatic heterocycles. The summed E-state index contributed by atoms with van der Waals surface area (Å²) in [6, 6.07) is 23.1. The van der Waals surface area contributed by atoms with Crippen molar-refractivity contribution in [3.05, 3.63) is 120 Å². The number of rotatable bonds is 13. The Morgan fingerprint density at radius 3 is 2.14 bits per heavy atom. The summed E-state index contributed by atoms with van der Waals surface area (Å²) in [7, 11) is 0. The molecule has 0 aliphatic carbocycles. The zero-order valence-corrected chi connectivity index (χ0v) is 20.5. The van der Waals surface area contributed by atoms with Crippen molar-refractivity contribution < 1.29 is 13.9 Å². The van der Waals surface area contributed by atoms with Crippen molar-refractivity contribution in [1.29, 1.82) is 0 Å². The van der Waals surface area contributed by atoms with Gasteiger partial charge in [0.15, 0.2) is 0 Å². The minimum Gasteiger partial charge on any atom is -0.473 e. The van der Waals surface area contributed by atoms with Gasteiger partial charge in [0, 0.05) is 6.07 Å². The summed E-state index contributed by atoms with van der Waals surface area (Å²) in [4.78, 5) is 4.52. The highest BCUT2D eigenvalue weighted by Crippen LogP contribution is 2.29. The van der Waals surface area contributed by atoms with Gasteiger partial charge in [-0.25, -0.2) is 4.39 Å². The van der Waals surface area contributed by atoms with Crippen molar-refractivity contribution >= 4 is 5.69 Å². The fourth-order valence-electron chi connectivity index (χ4n) is 3.40. The first kappa shape index (κ1) is 25.8. The van der Waals surface area contributed by atoms with E-state index in [0.29, 0.717) is 30.7 Å². The normalized spacial score (nSPS) is 12.0. The number of nitrogens with zero attached hydrogens (tertiary/aromatic N) is 1. The third kappa shape index (κ3) is 8.14. The summed E-state index contributed by atoms with van der Waals surface area (Å²) >= 11 is 0. The van der Waals surface area contributed by atoms with Gasteiger partial charge in [0.2, 0.25) is 11.8 Å². The fraction of sp³-hybridized carbons (Fsp3) is 0.233. The van der Waals surface area contributed by atoms with Gasteiger partial charge in [0.1, 0.15) is 24.7 Å². The lowest BCUT2D eigenvalue weighted by atomic mass is 9.97. The molecule has 1 aromatic heterocycles. The molecule has 182 valence electrons. The zero-order valence-electron chi connectivity index (χ0n) is 20.5. The predicted molar refractivity (Wildman–Crippen MR) is 141 cm³/mol. The molecular weight excluding hydrogens is 439 g/mol. The van der Waals surface area contributed by atoms with E-state index in [9.17, 15) is 4.39 Å². The largest absolute Gasteiger partial charge is 0.473 e. The van der Waals surface area contributed by atoms with Gasteiger partial charge >= 0.3 is 0 Å². The Morgan fingerprint density at radius 1 is 0.943 bits per heavy atom. The molecule has 1 N–H and O–H groups in total. The number of aromatic nitrogens is 1. The van der Waals surface area contributed by atoms with Crippen LogP contribution in [0, 0.1) is 5.92 Å². The number of nitrogens with one attached hydrogen (secondary N) is 1. The summed E-state index contributed by atoms with van der Waals surface area (Å²) < 4.78 is 26.7. The SMILES string of the molecule is C=C(Nc1ccc(OCc2ccccc2)nc1OCc1ccccc1)/C(F)=C\C(=C)C(C)CCC. The molecule has 0 aliphatic rings. The van der Waals surface area contributed by atoms with E-state index >= 15 is 0 Å². The number of ether oxygens (including phenoxy) is 2. The molecule has 4 nitrogen and oxygen atoms in total. The Labute approximate surface area is 207 Å². The van der Waals surface area contributed by atoms with Crippen LogP contribution in [-0.4, -0.2) is 4.98 Å². The lowest BCUT2D eigenvalue weighted by Gasteiger charge is -2.16. The highest BCUT2D eigenvalue weighted by atomic mass is 19.1. The zero-order chi connectivity index (χ0) is 25.0. The van der Waals surface area contributed by atoms with Crippen LogP contribution in [0.3, 0.4) is 0 Å². The number of hydrogen-bond donors (Lipinski definition) is 1. The average Bonchev–Trinajstić information content (AvgIpc) is 2.88. The van der Waals surface area contributed by atoms with Crippen LogP contribution in [-0.2, 0) is 13.2 Å². The quantitative estimate of drug-likeness (QED) is 0.256. The first-order valence-corrected chi connectivity index (χ1v) is 11.8. The lowest BCUT2D eigenvalue weighted by molar-refractivity contribution is 0.269. The topological polar surface area (TPSA) is 43.4 Å². The Hall–Kier alpha value is -3.86. The van der Waals surface area contributed by atoms with Gasteiger partial charge in [-0.05, 0) is 41.2 Å². The number of allylic oxidation sites excluding steroid dienone is 3. The van der Waals surface area contributed by atoms with Crippen molar-refractivity contribution in [3.63, 3.8) is 0 Å². The van der Waals surface area contributed by atoms with Crippen LogP contribution in [0.25, 0.3) is 0 Å². The van der Waals surface area contributed by atoms with E-state index < -0.39 is 5.83 Å². The summed E-state index contributed by atoms with van der Waals surface area (Å²) in [5.41, 5.74) is 3.35. The molecule has 3 rings (SSSR count). The van der Waals surface area contributed by atoms with Crippen LogP contribution >= 0.6 is 0 Å². The van der Waals surface area contributed by atoms with E-state index in [2.05, 4.69) is 30.4 Å². The molecule has 0 bridgehead atoms. The van der Waals surface area contributed by atoms with Gasteiger partial charge in [-0.2, -0.15) is 4.98 Å². The van der Waals surface area contributed by atoms with E-state index in [0.717, 1.165) is 29.5 Å². The van der Waals surface area contributed by atoms with Crippen LogP contribution < -0.4 is 14.8 Å². The third-order valence-electron chi connectivity index (χ3n) is 5.52. The summed E-state index contributed by atoms with van der Waals surface area (Å²) in [6.45, 7) is 12.7. The van der Waals surface area contributed by atoms with Crippen molar-refractivity contribution in [2.75, 3.05) is 5.32 Å². The molecule has 0 amide bonds. The second kappa shape index (κ2) is 13.1. The van der Waals surface area contributed by atoms with Crippen molar-refractivity contribution in [1.82, 2.24) is 4.98 Å². The molecule has 3 aromatic rings. The summed E-state index contributed by atoms with van der Waals surface area (Å²) in [6.07, 6.45) is 3.40. The van der Waals surface area contributed by atoms with E-state index in [1.165, 1.54) is 6.08 Å². The maximum absolute atomic E-state index is 14.9. The van der Waals surface area contributed by atoms with Crippen molar-refractivity contribution in [3.8, 4) is 11.8 Å². The van der Waals surface area contributed by atoms with Crippen molar-refractivity contribution in [2.45, 2.75) is 39.9 Å². The Bertz CT molecular complexity index is 1140. The van der Waals surface area contributed by atoms with E-state index in [4.69, 9.17) is 9.47 Å². The Balaban J connectivity index is 1.76. The first-order valence-electron chi connectivity index (χ1n) is 11.8. The molecule has 0 fully saturated rings. The molecular formula is C30H33FN2O2. The number of anilines is 1. The Kier molecular flexibility index (Phi) is 9.67. The van der Waals surface area contributed by atoms with Crippen LogP contribution in [0.5, 0.6) is 11.8 Å². The van der Waals surface area contributed by atoms with Gasteiger partial charge in [0.25, 0.3) is 0 Å². The fourth-order valence-corrected chi connectivity index (χ4v) is 3.40. The van der Waals surface area contributed by atoms with Crippen LogP contribution in [0.4, 0.5) is 10.1 Å². The molecule has 0 saturated heterocycles. The molecule has 1 unspecified atom stereocenters. The monoisotopic (exact) mass is 472 g/mol. The maximum Gasteiger partial charge on any atom is 0.241 e. The van der Waals surface area contributed by atoms with Gasteiger partial charge in [-0.1, -0.05) is 94.1 Å². The van der Waals surface area contributed by atoms with Gasteiger partial charge in [-0.15, -0.1) is 0 Å². The molecule has 2 aromatic carbocycles. The van der Waals surface area contributed by atoms with Crippen LogP contribution in [0.1, 0.15) is 37.8 Å². The molecule has 0 saturated carbocycles. The number of hydrogen-bond acceptors (Lipinski definition) is 4. The minimum atomic E-state index is -0.476. The third-order valence-corrected chi connectivity index (χ3v) is 5.52. The van der Waals surface area contributed by atoms with Crippen molar-refractivity contribution in [2.24, 2.45) is 5.92 Å². The molecule has 0 radical (unpaired) electrons. The van der Waals surface area contributed by atoms with E-state index in [-0.39, 0.29) is 11.6 Å². The number of halogens is 1. The predicted octanol–water partition coefficient (Wildman–Crippen LogP) is 8.01. The first-order chi connectivity index (χ1) is 17.0. The summed E-state index contributed by atoms with van der Waals surface area (Å²) in [5, 5.41) is 3.00. The summed E-state index contributed by atoms with van der Waals surface area (Å²) in [5.74, 6) is 0.430. The second-order valence-electron chi connectivity index (χ2n) is 8.41.